The highest BCUT2D eigenvalue weighted by molar-refractivity contribution is 5.89. The van der Waals surface area contributed by atoms with Crippen molar-refractivity contribution in [2.45, 2.75) is 19.4 Å². The minimum Gasteiger partial charge on any atom is -0.457 e. The molecule has 0 radical (unpaired) electrons. The van der Waals surface area contributed by atoms with Crippen molar-refractivity contribution in [3.05, 3.63) is 59.8 Å². The summed E-state index contributed by atoms with van der Waals surface area (Å²) < 4.78 is 5.41. The first-order valence-electron chi connectivity index (χ1n) is 7.25. The van der Waals surface area contributed by atoms with Crippen molar-refractivity contribution in [3.8, 4) is 0 Å². The molecular weight excluding hydrogens is 264 g/mol. The van der Waals surface area contributed by atoms with Gasteiger partial charge >= 0.3 is 5.97 Å². The lowest BCUT2D eigenvalue weighted by molar-refractivity contribution is 0.0473. The molecule has 0 bridgehead atoms. The van der Waals surface area contributed by atoms with Crippen molar-refractivity contribution >= 4 is 11.8 Å². The molecule has 0 amide bonds. The molecule has 2 aromatic rings. The SMILES string of the molecule is O=C(OCc1cccnc1N1CCCC1)c1ccccc1. The van der Waals surface area contributed by atoms with E-state index in [0.717, 1.165) is 24.5 Å². The van der Waals surface area contributed by atoms with E-state index in [1.165, 1.54) is 12.8 Å². The predicted octanol–water partition coefficient (Wildman–Crippen LogP) is 3.04. The second-order valence-electron chi connectivity index (χ2n) is 5.12. The monoisotopic (exact) mass is 282 g/mol. The van der Waals surface area contributed by atoms with Crippen LogP contribution >= 0.6 is 0 Å². The van der Waals surface area contributed by atoms with Gasteiger partial charge in [0.2, 0.25) is 0 Å². The molecule has 21 heavy (non-hydrogen) atoms. The van der Waals surface area contributed by atoms with Crippen LogP contribution in [0.15, 0.2) is 48.7 Å². The van der Waals surface area contributed by atoms with E-state index in [1.807, 2.05) is 30.3 Å². The van der Waals surface area contributed by atoms with E-state index < -0.39 is 0 Å². The maximum atomic E-state index is 12.0. The van der Waals surface area contributed by atoms with Gasteiger partial charge in [-0.3, -0.25) is 0 Å². The lowest BCUT2D eigenvalue weighted by Gasteiger charge is -2.19. The van der Waals surface area contributed by atoms with Gasteiger partial charge in [0.25, 0.3) is 0 Å². The van der Waals surface area contributed by atoms with Gasteiger partial charge < -0.3 is 9.64 Å². The van der Waals surface area contributed by atoms with E-state index >= 15 is 0 Å². The zero-order chi connectivity index (χ0) is 14.5. The number of nitrogens with zero attached hydrogens (tertiary/aromatic N) is 2. The van der Waals surface area contributed by atoms with Gasteiger partial charge in [0, 0.05) is 24.8 Å². The fraction of sp³-hybridized carbons (Fsp3) is 0.294. The molecule has 1 aliphatic heterocycles. The van der Waals surface area contributed by atoms with Gasteiger partial charge in [-0.2, -0.15) is 0 Å². The summed E-state index contributed by atoms with van der Waals surface area (Å²) in [5, 5.41) is 0. The molecule has 2 heterocycles. The van der Waals surface area contributed by atoms with E-state index in [1.54, 1.807) is 18.3 Å². The average molecular weight is 282 g/mol. The molecule has 1 aromatic heterocycles. The molecular formula is C17H18N2O2. The third-order valence-corrected chi connectivity index (χ3v) is 3.64. The highest BCUT2D eigenvalue weighted by Gasteiger charge is 2.17. The Labute approximate surface area is 124 Å². The standard InChI is InChI=1S/C17H18N2O2/c20-17(14-7-2-1-3-8-14)21-13-15-9-6-10-18-16(15)19-11-4-5-12-19/h1-3,6-10H,4-5,11-13H2. The van der Waals surface area contributed by atoms with Gasteiger partial charge in [-0.25, -0.2) is 9.78 Å². The summed E-state index contributed by atoms with van der Waals surface area (Å²) in [5.74, 6) is 0.641. The zero-order valence-electron chi connectivity index (χ0n) is 11.9. The number of anilines is 1. The molecule has 1 saturated heterocycles. The molecule has 0 N–H and O–H groups in total. The molecule has 0 saturated carbocycles. The number of carbonyl (C=O) groups is 1. The first-order valence-corrected chi connectivity index (χ1v) is 7.25. The Kier molecular flexibility index (Phi) is 4.15. The van der Waals surface area contributed by atoms with Crippen LogP contribution < -0.4 is 4.90 Å². The molecule has 0 atom stereocenters. The smallest absolute Gasteiger partial charge is 0.338 e. The fourth-order valence-corrected chi connectivity index (χ4v) is 2.56. The molecule has 0 unspecified atom stereocenters. The van der Waals surface area contributed by atoms with E-state index in [-0.39, 0.29) is 12.6 Å². The Morgan fingerprint density at radius 3 is 2.62 bits per heavy atom. The number of esters is 1. The van der Waals surface area contributed by atoms with Crippen molar-refractivity contribution in [2.24, 2.45) is 0 Å². The van der Waals surface area contributed by atoms with Crippen LogP contribution in [0.5, 0.6) is 0 Å². The number of hydrogen-bond acceptors (Lipinski definition) is 4. The van der Waals surface area contributed by atoms with Crippen molar-refractivity contribution in [1.82, 2.24) is 4.98 Å². The van der Waals surface area contributed by atoms with Crippen LogP contribution in [-0.4, -0.2) is 24.0 Å². The van der Waals surface area contributed by atoms with Crippen LogP contribution in [0.1, 0.15) is 28.8 Å². The van der Waals surface area contributed by atoms with E-state index in [9.17, 15) is 4.79 Å². The van der Waals surface area contributed by atoms with Crippen LogP contribution in [0.4, 0.5) is 5.82 Å². The molecule has 1 aromatic carbocycles. The number of hydrogen-bond donors (Lipinski definition) is 0. The fourth-order valence-electron chi connectivity index (χ4n) is 2.56. The number of benzene rings is 1. The van der Waals surface area contributed by atoms with Gasteiger partial charge in [-0.15, -0.1) is 0 Å². The van der Waals surface area contributed by atoms with Crippen molar-refractivity contribution in [3.63, 3.8) is 0 Å². The molecule has 4 nitrogen and oxygen atoms in total. The van der Waals surface area contributed by atoms with E-state index in [2.05, 4.69) is 9.88 Å². The Balaban J connectivity index is 1.69. The topological polar surface area (TPSA) is 42.4 Å². The molecule has 4 heteroatoms. The van der Waals surface area contributed by atoms with Crippen molar-refractivity contribution in [1.29, 1.82) is 0 Å². The molecule has 1 aliphatic rings. The third kappa shape index (κ3) is 3.21. The van der Waals surface area contributed by atoms with Gasteiger partial charge in [0.05, 0.1) is 5.56 Å². The van der Waals surface area contributed by atoms with E-state index in [0.29, 0.717) is 5.56 Å². The normalized spacial score (nSPS) is 14.2. The summed E-state index contributed by atoms with van der Waals surface area (Å²) in [7, 11) is 0. The van der Waals surface area contributed by atoms with Crippen LogP contribution in [-0.2, 0) is 11.3 Å². The van der Waals surface area contributed by atoms with Crippen LogP contribution in [0.3, 0.4) is 0 Å². The maximum absolute atomic E-state index is 12.0. The lowest BCUT2D eigenvalue weighted by Crippen LogP contribution is -2.21. The maximum Gasteiger partial charge on any atom is 0.338 e. The lowest BCUT2D eigenvalue weighted by atomic mass is 10.2. The first-order chi connectivity index (χ1) is 10.3. The van der Waals surface area contributed by atoms with Crippen molar-refractivity contribution in [2.75, 3.05) is 18.0 Å². The summed E-state index contributed by atoms with van der Waals surface area (Å²) in [4.78, 5) is 18.7. The Hall–Kier alpha value is -2.36. The quantitative estimate of drug-likeness (QED) is 0.808. The van der Waals surface area contributed by atoms with E-state index in [4.69, 9.17) is 4.74 Å². The number of pyridine rings is 1. The van der Waals surface area contributed by atoms with Crippen LogP contribution in [0, 0.1) is 0 Å². The van der Waals surface area contributed by atoms with Gasteiger partial charge in [0.1, 0.15) is 12.4 Å². The third-order valence-electron chi connectivity index (χ3n) is 3.64. The number of aromatic nitrogens is 1. The van der Waals surface area contributed by atoms with Gasteiger partial charge in [0.15, 0.2) is 0 Å². The summed E-state index contributed by atoms with van der Waals surface area (Å²) in [6.45, 7) is 2.31. The van der Waals surface area contributed by atoms with Crippen LogP contribution in [0.25, 0.3) is 0 Å². The number of ether oxygens (including phenoxy) is 1. The number of rotatable bonds is 4. The Morgan fingerprint density at radius 1 is 1.10 bits per heavy atom. The second kappa shape index (κ2) is 6.39. The predicted molar refractivity (Wildman–Crippen MR) is 81.2 cm³/mol. The van der Waals surface area contributed by atoms with Gasteiger partial charge in [-0.1, -0.05) is 24.3 Å². The molecule has 0 spiro atoms. The van der Waals surface area contributed by atoms with Crippen molar-refractivity contribution < 1.29 is 9.53 Å². The average Bonchev–Trinajstić information content (AvgIpc) is 3.08. The summed E-state index contributed by atoms with van der Waals surface area (Å²) >= 11 is 0. The largest absolute Gasteiger partial charge is 0.457 e. The summed E-state index contributed by atoms with van der Waals surface area (Å²) in [6.07, 6.45) is 4.18. The Bertz CT molecular complexity index is 607. The Morgan fingerprint density at radius 2 is 1.86 bits per heavy atom. The minimum atomic E-state index is -0.299. The first kappa shape index (κ1) is 13.6. The van der Waals surface area contributed by atoms with Gasteiger partial charge in [-0.05, 0) is 31.0 Å². The second-order valence-corrected chi connectivity index (χ2v) is 5.12. The zero-order valence-corrected chi connectivity index (χ0v) is 11.9. The molecule has 1 fully saturated rings. The van der Waals surface area contributed by atoms with Crippen LogP contribution in [0.2, 0.25) is 0 Å². The summed E-state index contributed by atoms with van der Waals surface area (Å²) in [5.41, 5.74) is 1.53. The minimum absolute atomic E-state index is 0.257. The molecule has 0 aliphatic carbocycles. The summed E-state index contributed by atoms with van der Waals surface area (Å²) in [6, 6.07) is 12.9. The highest BCUT2D eigenvalue weighted by atomic mass is 16.5. The molecule has 3 rings (SSSR count). The highest BCUT2D eigenvalue weighted by Crippen LogP contribution is 2.22. The molecule has 108 valence electrons. The number of carbonyl (C=O) groups excluding carboxylic acids is 1.